The first-order chi connectivity index (χ1) is 8.06. The fraction of sp³-hybridized carbons (Fsp3) is 0.231. The molecule has 4 heteroatoms. The molecule has 1 aromatic carbocycles. The molecule has 0 aliphatic heterocycles. The maximum absolute atomic E-state index is 11.8. The molecule has 0 N–H and O–H groups in total. The summed E-state index contributed by atoms with van der Waals surface area (Å²) < 4.78 is 2.09. The van der Waals surface area contributed by atoms with Crippen LogP contribution < -0.4 is 5.56 Å². The van der Waals surface area contributed by atoms with Crippen molar-refractivity contribution in [2.75, 3.05) is 0 Å². The molecule has 88 valence electrons. The molecule has 3 nitrogen and oxygen atoms in total. The van der Waals surface area contributed by atoms with E-state index in [9.17, 15) is 4.79 Å². The van der Waals surface area contributed by atoms with E-state index in [1.807, 2.05) is 0 Å². The average molecular weight is 293 g/mol. The minimum absolute atomic E-state index is 0.0563. The van der Waals surface area contributed by atoms with E-state index in [0.717, 1.165) is 5.56 Å². The lowest BCUT2D eigenvalue weighted by Gasteiger charge is -2.07. The molecule has 17 heavy (non-hydrogen) atoms. The molecule has 0 saturated carbocycles. The monoisotopic (exact) mass is 292 g/mol. The number of aryl methyl sites for hydroxylation is 2. The van der Waals surface area contributed by atoms with Crippen molar-refractivity contribution in [2.45, 2.75) is 20.4 Å². The fourth-order valence-electron chi connectivity index (χ4n) is 1.89. The van der Waals surface area contributed by atoms with Gasteiger partial charge in [0.15, 0.2) is 0 Å². The number of rotatable bonds is 2. The van der Waals surface area contributed by atoms with E-state index in [1.54, 1.807) is 10.9 Å². The van der Waals surface area contributed by atoms with Crippen LogP contribution in [0.5, 0.6) is 0 Å². The maximum Gasteiger partial charge on any atom is 0.267 e. The van der Waals surface area contributed by atoms with Crippen LogP contribution in [0.4, 0.5) is 0 Å². The molecule has 0 atom stereocenters. The molecule has 0 saturated heterocycles. The summed E-state index contributed by atoms with van der Waals surface area (Å²) in [5.74, 6) is 0. The number of aromatic nitrogens is 2. The zero-order chi connectivity index (χ0) is 12.4. The Morgan fingerprint density at radius 2 is 1.88 bits per heavy atom. The Balaban J connectivity index is 2.38. The fourth-order valence-corrected chi connectivity index (χ4v) is 2.24. The highest BCUT2D eigenvalue weighted by molar-refractivity contribution is 9.10. The molecule has 0 spiro atoms. The second-order valence-electron chi connectivity index (χ2n) is 4.17. The van der Waals surface area contributed by atoms with Gasteiger partial charge >= 0.3 is 0 Å². The van der Waals surface area contributed by atoms with E-state index < -0.39 is 0 Å². The van der Waals surface area contributed by atoms with Gasteiger partial charge in [0, 0.05) is 6.20 Å². The first-order valence-corrected chi connectivity index (χ1v) is 6.12. The number of benzene rings is 1. The van der Waals surface area contributed by atoms with Crippen molar-refractivity contribution in [3.8, 4) is 0 Å². The van der Waals surface area contributed by atoms with Gasteiger partial charge in [-0.25, -0.2) is 4.98 Å². The Hall–Kier alpha value is -1.42. The summed E-state index contributed by atoms with van der Waals surface area (Å²) in [6.45, 7) is 4.66. The predicted octanol–water partition coefficient (Wildman–Crippen LogP) is 2.67. The van der Waals surface area contributed by atoms with Gasteiger partial charge in [0.25, 0.3) is 5.56 Å². The van der Waals surface area contributed by atoms with Crippen molar-refractivity contribution in [1.29, 1.82) is 0 Å². The number of nitrogens with zero attached hydrogens (tertiary/aromatic N) is 2. The average Bonchev–Trinajstić information content (AvgIpc) is 2.23. The van der Waals surface area contributed by atoms with Crippen molar-refractivity contribution in [2.24, 2.45) is 0 Å². The maximum atomic E-state index is 11.8. The predicted molar refractivity (Wildman–Crippen MR) is 71.2 cm³/mol. The van der Waals surface area contributed by atoms with Crippen molar-refractivity contribution >= 4 is 15.9 Å². The smallest absolute Gasteiger partial charge is 0.267 e. The largest absolute Gasteiger partial charge is 0.294 e. The summed E-state index contributed by atoms with van der Waals surface area (Å²) >= 11 is 3.19. The zero-order valence-corrected chi connectivity index (χ0v) is 11.4. The van der Waals surface area contributed by atoms with E-state index in [1.165, 1.54) is 17.3 Å². The summed E-state index contributed by atoms with van der Waals surface area (Å²) in [7, 11) is 0. The number of hydrogen-bond donors (Lipinski definition) is 0. The third-order valence-corrected chi connectivity index (χ3v) is 3.04. The minimum Gasteiger partial charge on any atom is -0.294 e. The normalized spacial score (nSPS) is 10.5. The Kier molecular flexibility index (Phi) is 3.43. The first kappa shape index (κ1) is 12.0. The van der Waals surface area contributed by atoms with Crippen LogP contribution in [0.25, 0.3) is 0 Å². The molecular weight excluding hydrogens is 280 g/mol. The lowest BCUT2D eigenvalue weighted by molar-refractivity contribution is 0.730. The standard InChI is InChI=1S/C13H13BrN2O/c1-9-3-10(2)5-11(4-9)7-16-8-15-6-12(14)13(16)17/h3-6,8H,7H2,1-2H3. The minimum atomic E-state index is -0.0563. The summed E-state index contributed by atoms with van der Waals surface area (Å²) in [5, 5.41) is 0. The molecule has 1 aromatic heterocycles. The van der Waals surface area contributed by atoms with Gasteiger partial charge in [0.05, 0.1) is 12.9 Å². The van der Waals surface area contributed by atoms with Crippen molar-refractivity contribution in [3.05, 3.63) is 62.2 Å². The quantitative estimate of drug-likeness (QED) is 0.853. The lowest BCUT2D eigenvalue weighted by atomic mass is 10.1. The van der Waals surface area contributed by atoms with Gasteiger partial charge in [-0.1, -0.05) is 29.3 Å². The molecular formula is C13H13BrN2O. The Morgan fingerprint density at radius 1 is 1.24 bits per heavy atom. The summed E-state index contributed by atoms with van der Waals surface area (Å²) in [5.41, 5.74) is 3.47. The number of hydrogen-bond acceptors (Lipinski definition) is 2. The van der Waals surface area contributed by atoms with Crippen LogP contribution in [-0.4, -0.2) is 9.55 Å². The van der Waals surface area contributed by atoms with Crippen LogP contribution in [0.2, 0.25) is 0 Å². The Bertz CT molecular complexity index is 584. The highest BCUT2D eigenvalue weighted by Crippen LogP contribution is 2.10. The van der Waals surface area contributed by atoms with E-state index >= 15 is 0 Å². The zero-order valence-electron chi connectivity index (χ0n) is 9.77. The molecule has 0 fully saturated rings. The molecule has 2 rings (SSSR count). The second kappa shape index (κ2) is 4.84. The van der Waals surface area contributed by atoms with Crippen LogP contribution in [0.3, 0.4) is 0 Å². The van der Waals surface area contributed by atoms with E-state index in [0.29, 0.717) is 11.0 Å². The molecule has 0 aliphatic carbocycles. The van der Waals surface area contributed by atoms with Gasteiger partial charge in [0.1, 0.15) is 4.47 Å². The van der Waals surface area contributed by atoms with Crippen LogP contribution in [0.1, 0.15) is 16.7 Å². The summed E-state index contributed by atoms with van der Waals surface area (Å²) in [6, 6.07) is 6.28. The van der Waals surface area contributed by atoms with Gasteiger partial charge in [-0.3, -0.25) is 9.36 Å². The van der Waals surface area contributed by atoms with Gasteiger partial charge < -0.3 is 0 Å². The summed E-state index contributed by atoms with van der Waals surface area (Å²) in [6.07, 6.45) is 3.07. The van der Waals surface area contributed by atoms with Crippen LogP contribution in [0.15, 0.2) is 40.0 Å². The Morgan fingerprint density at radius 3 is 2.53 bits per heavy atom. The van der Waals surface area contributed by atoms with E-state index in [2.05, 4.69) is 53.0 Å². The SMILES string of the molecule is Cc1cc(C)cc(Cn2cncc(Br)c2=O)c1. The third-order valence-electron chi connectivity index (χ3n) is 2.49. The molecule has 0 aliphatic rings. The van der Waals surface area contributed by atoms with Crippen molar-refractivity contribution in [3.63, 3.8) is 0 Å². The lowest BCUT2D eigenvalue weighted by Crippen LogP contribution is -2.21. The molecule has 0 bridgehead atoms. The van der Waals surface area contributed by atoms with E-state index in [-0.39, 0.29) is 5.56 Å². The molecule has 1 heterocycles. The Labute approximate surface area is 108 Å². The highest BCUT2D eigenvalue weighted by atomic mass is 79.9. The summed E-state index contributed by atoms with van der Waals surface area (Å²) in [4.78, 5) is 15.8. The van der Waals surface area contributed by atoms with Crippen molar-refractivity contribution < 1.29 is 0 Å². The van der Waals surface area contributed by atoms with Gasteiger partial charge in [-0.15, -0.1) is 0 Å². The van der Waals surface area contributed by atoms with Crippen molar-refractivity contribution in [1.82, 2.24) is 9.55 Å². The number of halogens is 1. The van der Waals surface area contributed by atoms with Crippen LogP contribution in [0, 0.1) is 13.8 Å². The second-order valence-corrected chi connectivity index (χ2v) is 5.02. The molecule has 0 unspecified atom stereocenters. The van der Waals surface area contributed by atoms with Crippen LogP contribution in [-0.2, 0) is 6.54 Å². The molecule has 0 amide bonds. The van der Waals surface area contributed by atoms with Gasteiger partial charge in [0.2, 0.25) is 0 Å². The molecule has 0 radical (unpaired) electrons. The van der Waals surface area contributed by atoms with E-state index in [4.69, 9.17) is 0 Å². The molecule has 2 aromatic rings. The topological polar surface area (TPSA) is 34.9 Å². The third kappa shape index (κ3) is 2.82. The highest BCUT2D eigenvalue weighted by Gasteiger charge is 2.02. The van der Waals surface area contributed by atoms with Gasteiger partial charge in [-0.05, 0) is 35.3 Å². The van der Waals surface area contributed by atoms with Crippen LogP contribution >= 0.6 is 15.9 Å². The first-order valence-electron chi connectivity index (χ1n) is 5.33. The van der Waals surface area contributed by atoms with Gasteiger partial charge in [-0.2, -0.15) is 0 Å².